The Kier molecular flexibility index (Phi) is 6.18. The monoisotopic (exact) mass is 376 g/mol. The van der Waals surface area contributed by atoms with Gasteiger partial charge in [0.2, 0.25) is 5.78 Å². The summed E-state index contributed by atoms with van der Waals surface area (Å²) in [5.74, 6) is -1.74. The molecule has 0 spiro atoms. The number of carbonyl (C=O) groups excluding carboxylic acids is 3. The van der Waals surface area contributed by atoms with E-state index in [1.165, 1.54) is 29.5 Å². The van der Waals surface area contributed by atoms with E-state index in [4.69, 9.17) is 4.74 Å². The standard InChI is InChI=1S/C17H16N2O6S/c1-10-6-14(11(2)26-10)15(20)9-25-16(21)8-18-17(22)12-4-3-5-13(7-12)19(23)24/h3-7H,8-9H2,1-2H3,(H,18,22). The van der Waals surface area contributed by atoms with Crippen molar-refractivity contribution in [3.8, 4) is 0 Å². The predicted octanol–water partition coefficient (Wildman–Crippen LogP) is 2.43. The summed E-state index contributed by atoms with van der Waals surface area (Å²) in [6.45, 7) is 2.83. The molecule has 1 aromatic heterocycles. The number of aryl methyl sites for hydroxylation is 2. The summed E-state index contributed by atoms with van der Waals surface area (Å²) in [5, 5.41) is 13.0. The molecule has 0 bridgehead atoms. The third-order valence-corrected chi connectivity index (χ3v) is 4.38. The van der Waals surface area contributed by atoms with Crippen LogP contribution in [0.5, 0.6) is 0 Å². The Bertz CT molecular complexity index is 874. The molecule has 0 saturated heterocycles. The quantitative estimate of drug-likeness (QED) is 0.343. The minimum atomic E-state index is -0.776. The average molecular weight is 376 g/mol. The number of thiophene rings is 1. The molecule has 9 heteroatoms. The number of ketones is 1. The average Bonchev–Trinajstić information content (AvgIpc) is 2.95. The first-order valence-corrected chi connectivity index (χ1v) is 8.38. The number of benzene rings is 1. The van der Waals surface area contributed by atoms with E-state index in [9.17, 15) is 24.5 Å². The van der Waals surface area contributed by atoms with E-state index < -0.39 is 30.0 Å². The molecule has 1 heterocycles. The molecule has 2 rings (SSSR count). The number of nitrogens with zero attached hydrogens (tertiary/aromatic N) is 1. The molecule has 0 aliphatic heterocycles. The van der Waals surface area contributed by atoms with Gasteiger partial charge in [-0.3, -0.25) is 24.5 Å². The van der Waals surface area contributed by atoms with Crippen LogP contribution in [-0.4, -0.2) is 35.7 Å². The van der Waals surface area contributed by atoms with Crippen molar-refractivity contribution in [1.29, 1.82) is 0 Å². The summed E-state index contributed by atoms with van der Waals surface area (Å²) in [7, 11) is 0. The fraction of sp³-hybridized carbons (Fsp3) is 0.235. The van der Waals surface area contributed by atoms with E-state index in [2.05, 4.69) is 5.32 Å². The smallest absolute Gasteiger partial charge is 0.325 e. The van der Waals surface area contributed by atoms with Crippen LogP contribution in [-0.2, 0) is 9.53 Å². The topological polar surface area (TPSA) is 116 Å². The molecule has 0 aliphatic carbocycles. The molecule has 1 N–H and O–H groups in total. The van der Waals surface area contributed by atoms with Crippen LogP contribution in [0.4, 0.5) is 5.69 Å². The molecule has 0 unspecified atom stereocenters. The van der Waals surface area contributed by atoms with Crippen molar-refractivity contribution >= 4 is 34.7 Å². The number of hydrogen-bond donors (Lipinski definition) is 1. The number of rotatable bonds is 7. The first kappa shape index (κ1) is 19.3. The lowest BCUT2D eigenvalue weighted by Gasteiger charge is -2.06. The van der Waals surface area contributed by atoms with Gasteiger partial charge in [-0.15, -0.1) is 11.3 Å². The molecule has 0 aliphatic rings. The van der Waals surface area contributed by atoms with Crippen LogP contribution in [0, 0.1) is 24.0 Å². The molecule has 0 fully saturated rings. The van der Waals surface area contributed by atoms with Gasteiger partial charge >= 0.3 is 5.97 Å². The van der Waals surface area contributed by atoms with Gasteiger partial charge in [0.15, 0.2) is 6.61 Å². The molecular formula is C17H16N2O6S. The molecule has 26 heavy (non-hydrogen) atoms. The molecule has 136 valence electrons. The van der Waals surface area contributed by atoms with E-state index in [0.29, 0.717) is 5.56 Å². The van der Waals surface area contributed by atoms with Crippen LogP contribution in [0.2, 0.25) is 0 Å². The summed E-state index contributed by atoms with van der Waals surface area (Å²) in [5.41, 5.74) is 0.334. The van der Waals surface area contributed by atoms with Crippen LogP contribution in [0.15, 0.2) is 30.3 Å². The lowest BCUT2D eigenvalue weighted by atomic mass is 10.2. The lowest BCUT2D eigenvalue weighted by Crippen LogP contribution is -2.31. The molecule has 1 aromatic carbocycles. The highest BCUT2D eigenvalue weighted by atomic mass is 32.1. The van der Waals surface area contributed by atoms with Crippen LogP contribution >= 0.6 is 11.3 Å². The number of nitro groups is 1. The summed E-state index contributed by atoms with van der Waals surface area (Å²) in [6.07, 6.45) is 0. The Morgan fingerprint density at radius 3 is 2.58 bits per heavy atom. The van der Waals surface area contributed by atoms with Crippen LogP contribution in [0.1, 0.15) is 30.5 Å². The van der Waals surface area contributed by atoms with Gasteiger partial charge in [-0.25, -0.2) is 0 Å². The fourth-order valence-electron chi connectivity index (χ4n) is 2.20. The maximum absolute atomic E-state index is 12.0. The van der Waals surface area contributed by atoms with Crippen molar-refractivity contribution in [2.45, 2.75) is 13.8 Å². The zero-order valence-corrected chi connectivity index (χ0v) is 14.9. The summed E-state index contributed by atoms with van der Waals surface area (Å²) in [6, 6.07) is 6.85. The highest BCUT2D eigenvalue weighted by Crippen LogP contribution is 2.21. The van der Waals surface area contributed by atoms with Gasteiger partial charge in [-0.05, 0) is 26.0 Å². The maximum Gasteiger partial charge on any atom is 0.325 e. The molecular weight excluding hydrogens is 360 g/mol. The minimum Gasteiger partial charge on any atom is -0.456 e. The third kappa shape index (κ3) is 4.96. The van der Waals surface area contributed by atoms with Crippen molar-refractivity contribution in [2.75, 3.05) is 13.2 Å². The number of non-ortho nitro benzene ring substituents is 1. The number of nitro benzene ring substituents is 1. The third-order valence-electron chi connectivity index (χ3n) is 3.42. The molecule has 8 nitrogen and oxygen atoms in total. The first-order chi connectivity index (χ1) is 12.3. The zero-order valence-electron chi connectivity index (χ0n) is 14.1. The summed E-state index contributed by atoms with van der Waals surface area (Å²) >= 11 is 1.48. The number of nitrogens with one attached hydrogen (secondary N) is 1. The first-order valence-electron chi connectivity index (χ1n) is 7.56. The van der Waals surface area contributed by atoms with Crippen LogP contribution < -0.4 is 5.32 Å². The zero-order chi connectivity index (χ0) is 19.3. The van der Waals surface area contributed by atoms with E-state index in [0.717, 1.165) is 15.8 Å². The Hall–Kier alpha value is -3.07. The van der Waals surface area contributed by atoms with Gasteiger partial charge < -0.3 is 10.1 Å². The van der Waals surface area contributed by atoms with E-state index in [-0.39, 0.29) is 17.0 Å². The Morgan fingerprint density at radius 2 is 1.96 bits per heavy atom. The SMILES string of the molecule is Cc1cc(C(=O)COC(=O)CNC(=O)c2cccc([N+](=O)[O-])c2)c(C)s1. The van der Waals surface area contributed by atoms with Crippen molar-refractivity contribution in [2.24, 2.45) is 0 Å². The summed E-state index contributed by atoms with van der Waals surface area (Å²) < 4.78 is 4.86. The molecule has 0 atom stereocenters. The molecule has 2 aromatic rings. The maximum atomic E-state index is 12.0. The Labute approximate surface area is 152 Å². The highest BCUT2D eigenvalue weighted by molar-refractivity contribution is 7.12. The van der Waals surface area contributed by atoms with E-state index in [1.54, 1.807) is 6.07 Å². The second-order valence-electron chi connectivity index (χ2n) is 5.40. The van der Waals surface area contributed by atoms with Crippen molar-refractivity contribution < 1.29 is 24.0 Å². The number of esters is 1. The van der Waals surface area contributed by atoms with Crippen LogP contribution in [0.25, 0.3) is 0 Å². The largest absolute Gasteiger partial charge is 0.456 e. The van der Waals surface area contributed by atoms with Crippen molar-refractivity contribution in [3.63, 3.8) is 0 Å². The number of amides is 1. The van der Waals surface area contributed by atoms with Crippen molar-refractivity contribution in [1.82, 2.24) is 5.32 Å². The number of ether oxygens (including phenoxy) is 1. The van der Waals surface area contributed by atoms with Gasteiger partial charge in [0, 0.05) is 33.0 Å². The Morgan fingerprint density at radius 1 is 1.23 bits per heavy atom. The van der Waals surface area contributed by atoms with E-state index >= 15 is 0 Å². The van der Waals surface area contributed by atoms with Crippen LogP contribution in [0.3, 0.4) is 0 Å². The lowest BCUT2D eigenvalue weighted by molar-refractivity contribution is -0.384. The van der Waals surface area contributed by atoms with Gasteiger partial charge in [0.1, 0.15) is 6.54 Å². The highest BCUT2D eigenvalue weighted by Gasteiger charge is 2.16. The molecule has 0 saturated carbocycles. The molecule has 1 amide bonds. The fourth-order valence-corrected chi connectivity index (χ4v) is 3.14. The predicted molar refractivity (Wildman–Crippen MR) is 94.5 cm³/mol. The van der Waals surface area contributed by atoms with E-state index in [1.807, 2.05) is 13.8 Å². The minimum absolute atomic E-state index is 0.0486. The summed E-state index contributed by atoms with van der Waals surface area (Å²) in [4.78, 5) is 47.5. The molecule has 0 radical (unpaired) electrons. The normalized spacial score (nSPS) is 10.2. The second kappa shape index (κ2) is 8.34. The number of Topliss-reactive ketones (excluding diaryl/α,β-unsaturated/α-hetero) is 1. The van der Waals surface area contributed by atoms with Gasteiger partial charge in [-0.2, -0.15) is 0 Å². The second-order valence-corrected chi connectivity index (χ2v) is 6.86. The number of hydrogen-bond acceptors (Lipinski definition) is 7. The Balaban J connectivity index is 1.84. The van der Waals surface area contributed by atoms with Gasteiger partial charge in [0.05, 0.1) is 4.92 Å². The van der Waals surface area contributed by atoms with Crippen molar-refractivity contribution in [3.05, 3.63) is 61.3 Å². The van der Waals surface area contributed by atoms with Gasteiger partial charge in [0.25, 0.3) is 11.6 Å². The number of carbonyl (C=O) groups is 3. The van der Waals surface area contributed by atoms with Gasteiger partial charge in [-0.1, -0.05) is 6.07 Å².